The van der Waals surface area contributed by atoms with E-state index in [1.54, 1.807) is 11.8 Å². The zero-order valence-corrected chi connectivity index (χ0v) is 13.8. The summed E-state index contributed by atoms with van der Waals surface area (Å²) < 4.78 is 5.00. The lowest BCUT2D eigenvalue weighted by atomic mass is 10.2. The van der Waals surface area contributed by atoms with E-state index in [-0.39, 0.29) is 17.9 Å². The number of aryl methyl sites for hydroxylation is 1. The lowest BCUT2D eigenvalue weighted by molar-refractivity contribution is -0.384. The van der Waals surface area contributed by atoms with Crippen molar-refractivity contribution in [1.29, 1.82) is 0 Å². The van der Waals surface area contributed by atoms with Crippen molar-refractivity contribution in [1.82, 2.24) is 0 Å². The second-order valence-electron chi connectivity index (χ2n) is 4.84. The molecule has 0 aliphatic heterocycles. The van der Waals surface area contributed by atoms with Crippen LogP contribution in [0.5, 0.6) is 0 Å². The van der Waals surface area contributed by atoms with Gasteiger partial charge in [0, 0.05) is 17.0 Å². The minimum atomic E-state index is -0.551. The lowest BCUT2D eigenvalue weighted by Crippen LogP contribution is -2.05. The SMILES string of the molecule is Cc1ccc(SCC#CCOC(=O)c2ccc([N+](=O)[O-])cc2)cc1. The van der Waals surface area contributed by atoms with Gasteiger partial charge in [0.25, 0.3) is 5.69 Å². The van der Waals surface area contributed by atoms with Crippen molar-refractivity contribution in [3.8, 4) is 11.8 Å². The molecule has 24 heavy (non-hydrogen) atoms. The van der Waals surface area contributed by atoms with Gasteiger partial charge in [-0.25, -0.2) is 4.79 Å². The fourth-order valence-electron chi connectivity index (χ4n) is 1.76. The number of nitro benzene ring substituents is 1. The molecule has 0 heterocycles. The van der Waals surface area contributed by atoms with Crippen LogP contribution in [0.1, 0.15) is 15.9 Å². The minimum absolute atomic E-state index is 0.00964. The Labute approximate surface area is 144 Å². The van der Waals surface area contributed by atoms with Crippen LogP contribution in [0.4, 0.5) is 5.69 Å². The Morgan fingerprint density at radius 1 is 1.12 bits per heavy atom. The molecule has 0 saturated carbocycles. The first-order valence-corrected chi connectivity index (χ1v) is 8.11. The van der Waals surface area contributed by atoms with Gasteiger partial charge in [0.2, 0.25) is 0 Å². The standard InChI is InChI=1S/C18H15NO4S/c1-14-4-10-17(11-5-14)24-13-3-2-12-23-18(20)15-6-8-16(9-7-15)19(21)22/h4-11H,12-13H2,1H3. The van der Waals surface area contributed by atoms with Crippen LogP contribution in [0.2, 0.25) is 0 Å². The van der Waals surface area contributed by atoms with Crippen LogP contribution in [-0.2, 0) is 4.74 Å². The number of thioether (sulfide) groups is 1. The number of nitro groups is 1. The number of esters is 1. The number of non-ortho nitro benzene ring substituents is 1. The molecule has 2 aromatic carbocycles. The van der Waals surface area contributed by atoms with E-state index in [0.29, 0.717) is 5.75 Å². The third-order valence-corrected chi connectivity index (χ3v) is 3.94. The molecular weight excluding hydrogens is 326 g/mol. The Kier molecular flexibility index (Phi) is 6.41. The summed E-state index contributed by atoms with van der Waals surface area (Å²) in [6.07, 6.45) is 0. The van der Waals surface area contributed by atoms with Crippen molar-refractivity contribution in [3.63, 3.8) is 0 Å². The van der Waals surface area contributed by atoms with Crippen LogP contribution < -0.4 is 0 Å². The highest BCUT2D eigenvalue weighted by Gasteiger charge is 2.09. The molecule has 0 N–H and O–H groups in total. The fraction of sp³-hybridized carbons (Fsp3) is 0.167. The van der Waals surface area contributed by atoms with Crippen LogP contribution >= 0.6 is 11.8 Å². The van der Waals surface area contributed by atoms with Crippen LogP contribution in [0.25, 0.3) is 0 Å². The van der Waals surface area contributed by atoms with Gasteiger partial charge in [0.15, 0.2) is 6.61 Å². The van der Waals surface area contributed by atoms with Gasteiger partial charge in [-0.05, 0) is 31.2 Å². The zero-order valence-electron chi connectivity index (χ0n) is 13.0. The third-order valence-electron chi connectivity index (χ3n) is 3.05. The summed E-state index contributed by atoms with van der Waals surface area (Å²) in [4.78, 5) is 22.9. The summed E-state index contributed by atoms with van der Waals surface area (Å²) in [5.74, 6) is 5.76. The number of benzene rings is 2. The summed E-state index contributed by atoms with van der Waals surface area (Å²) in [7, 11) is 0. The Morgan fingerprint density at radius 2 is 1.79 bits per heavy atom. The Morgan fingerprint density at radius 3 is 2.42 bits per heavy atom. The van der Waals surface area contributed by atoms with Crippen molar-refractivity contribution in [2.75, 3.05) is 12.4 Å². The molecule has 0 atom stereocenters. The molecule has 0 aliphatic rings. The van der Waals surface area contributed by atoms with E-state index in [4.69, 9.17) is 4.74 Å². The summed E-state index contributed by atoms with van der Waals surface area (Å²) in [6.45, 7) is 2.03. The minimum Gasteiger partial charge on any atom is -0.449 e. The number of nitrogens with zero attached hydrogens (tertiary/aromatic N) is 1. The van der Waals surface area contributed by atoms with Crippen LogP contribution in [0, 0.1) is 28.9 Å². The van der Waals surface area contributed by atoms with Crippen molar-refractivity contribution in [3.05, 3.63) is 69.8 Å². The fourth-order valence-corrected chi connectivity index (χ4v) is 2.43. The maximum absolute atomic E-state index is 11.7. The van der Waals surface area contributed by atoms with E-state index in [1.807, 2.05) is 31.2 Å². The molecule has 2 aromatic rings. The first-order valence-electron chi connectivity index (χ1n) is 7.13. The Bertz CT molecular complexity index is 773. The number of carbonyl (C=O) groups is 1. The summed E-state index contributed by atoms with van der Waals surface area (Å²) in [5, 5.41) is 10.5. The van der Waals surface area contributed by atoms with Gasteiger partial charge in [-0.15, -0.1) is 11.8 Å². The second kappa shape index (κ2) is 8.75. The number of hydrogen-bond acceptors (Lipinski definition) is 5. The van der Waals surface area contributed by atoms with Gasteiger partial charge in [0.05, 0.1) is 16.2 Å². The van der Waals surface area contributed by atoms with Gasteiger partial charge < -0.3 is 4.74 Å². The number of rotatable bonds is 5. The highest BCUT2D eigenvalue weighted by Crippen LogP contribution is 2.17. The lowest BCUT2D eigenvalue weighted by Gasteiger charge is -2.00. The molecular formula is C18H15NO4S. The van der Waals surface area contributed by atoms with E-state index >= 15 is 0 Å². The third kappa shape index (κ3) is 5.45. The van der Waals surface area contributed by atoms with Gasteiger partial charge in [-0.2, -0.15) is 0 Å². The highest BCUT2D eigenvalue weighted by atomic mass is 32.2. The van der Waals surface area contributed by atoms with Gasteiger partial charge in [0.1, 0.15) is 0 Å². The summed E-state index contributed by atoms with van der Waals surface area (Å²) in [6, 6.07) is 13.4. The van der Waals surface area contributed by atoms with Gasteiger partial charge >= 0.3 is 5.97 Å². The first-order chi connectivity index (χ1) is 11.6. The molecule has 0 aromatic heterocycles. The van der Waals surface area contributed by atoms with Crippen LogP contribution in [0.15, 0.2) is 53.4 Å². The van der Waals surface area contributed by atoms with Gasteiger partial charge in [-0.3, -0.25) is 10.1 Å². The highest BCUT2D eigenvalue weighted by molar-refractivity contribution is 7.99. The Balaban J connectivity index is 1.74. The first kappa shape index (κ1) is 17.6. The molecule has 2 rings (SSSR count). The quantitative estimate of drug-likeness (QED) is 0.272. The maximum atomic E-state index is 11.7. The van der Waals surface area contributed by atoms with Crippen LogP contribution in [-0.4, -0.2) is 23.3 Å². The topological polar surface area (TPSA) is 69.4 Å². The maximum Gasteiger partial charge on any atom is 0.339 e. The average molecular weight is 341 g/mol. The molecule has 0 unspecified atom stereocenters. The molecule has 6 heteroatoms. The largest absolute Gasteiger partial charge is 0.449 e. The number of ether oxygens (including phenoxy) is 1. The second-order valence-corrected chi connectivity index (χ2v) is 5.88. The number of carbonyl (C=O) groups excluding carboxylic acids is 1. The van der Waals surface area contributed by atoms with E-state index < -0.39 is 10.9 Å². The van der Waals surface area contributed by atoms with E-state index in [0.717, 1.165) is 4.90 Å². The van der Waals surface area contributed by atoms with E-state index in [1.165, 1.54) is 29.8 Å². The average Bonchev–Trinajstić information content (AvgIpc) is 2.59. The summed E-state index contributed by atoms with van der Waals surface area (Å²) >= 11 is 1.61. The van der Waals surface area contributed by atoms with Crippen molar-refractivity contribution in [2.45, 2.75) is 11.8 Å². The molecule has 0 fully saturated rings. The number of hydrogen-bond donors (Lipinski definition) is 0. The molecule has 0 aliphatic carbocycles. The Hall–Kier alpha value is -2.78. The van der Waals surface area contributed by atoms with E-state index in [9.17, 15) is 14.9 Å². The molecule has 0 saturated heterocycles. The molecule has 5 nitrogen and oxygen atoms in total. The van der Waals surface area contributed by atoms with Crippen molar-refractivity contribution >= 4 is 23.4 Å². The van der Waals surface area contributed by atoms with Crippen molar-refractivity contribution in [2.24, 2.45) is 0 Å². The monoisotopic (exact) mass is 341 g/mol. The predicted molar refractivity (Wildman–Crippen MR) is 93.1 cm³/mol. The molecule has 122 valence electrons. The molecule has 0 spiro atoms. The molecule has 0 bridgehead atoms. The van der Waals surface area contributed by atoms with Crippen molar-refractivity contribution < 1.29 is 14.5 Å². The summed E-state index contributed by atoms with van der Waals surface area (Å²) in [5.41, 5.74) is 1.40. The van der Waals surface area contributed by atoms with E-state index in [2.05, 4.69) is 11.8 Å². The van der Waals surface area contributed by atoms with Gasteiger partial charge in [-0.1, -0.05) is 29.5 Å². The smallest absolute Gasteiger partial charge is 0.339 e. The molecule has 0 amide bonds. The zero-order chi connectivity index (χ0) is 17.4. The van der Waals surface area contributed by atoms with Crippen LogP contribution in [0.3, 0.4) is 0 Å². The molecule has 0 radical (unpaired) electrons. The predicted octanol–water partition coefficient (Wildman–Crippen LogP) is 3.86. The normalized spacial score (nSPS) is 9.71.